The van der Waals surface area contributed by atoms with E-state index in [2.05, 4.69) is 16.0 Å². The van der Waals surface area contributed by atoms with Crippen LogP contribution in [0.2, 0.25) is 0 Å². The number of hydrogen-bond acceptors (Lipinski definition) is 4. The minimum Gasteiger partial charge on any atom is -0.494 e. The first-order valence-corrected chi connectivity index (χ1v) is 8.17. The summed E-state index contributed by atoms with van der Waals surface area (Å²) in [6.07, 6.45) is 2.48. The van der Waals surface area contributed by atoms with Gasteiger partial charge in [-0.2, -0.15) is 0 Å². The van der Waals surface area contributed by atoms with Gasteiger partial charge in [-0.25, -0.2) is 0 Å². The minimum absolute atomic E-state index is 0. The Kier molecular flexibility index (Phi) is 9.19. The zero-order valence-electron chi connectivity index (χ0n) is 14.0. The van der Waals surface area contributed by atoms with Gasteiger partial charge < -0.3 is 20.7 Å². The average molecular weight is 356 g/mol. The fourth-order valence-electron chi connectivity index (χ4n) is 2.57. The van der Waals surface area contributed by atoms with Gasteiger partial charge in [-0.05, 0) is 63.0 Å². The third-order valence-electron chi connectivity index (χ3n) is 3.84. The Morgan fingerprint density at radius 1 is 1.25 bits per heavy atom. The fourth-order valence-corrected chi connectivity index (χ4v) is 2.57. The van der Waals surface area contributed by atoms with Crippen molar-refractivity contribution >= 4 is 29.9 Å². The molecule has 3 N–H and O–H groups in total. The molecule has 2 rings (SSSR count). The molecule has 1 heterocycles. The van der Waals surface area contributed by atoms with E-state index in [4.69, 9.17) is 4.74 Å². The number of carbonyl (C=O) groups excluding carboxylic acids is 2. The Bertz CT molecular complexity index is 516. The van der Waals surface area contributed by atoms with Crippen molar-refractivity contribution in [2.24, 2.45) is 5.92 Å². The Morgan fingerprint density at radius 2 is 2.00 bits per heavy atom. The van der Waals surface area contributed by atoms with Crippen LogP contribution < -0.4 is 20.7 Å². The van der Waals surface area contributed by atoms with Crippen molar-refractivity contribution in [3.8, 4) is 5.75 Å². The van der Waals surface area contributed by atoms with Gasteiger partial charge >= 0.3 is 0 Å². The van der Waals surface area contributed by atoms with E-state index < -0.39 is 0 Å². The van der Waals surface area contributed by atoms with Crippen LogP contribution in [0, 0.1) is 5.92 Å². The highest BCUT2D eigenvalue weighted by Gasteiger charge is 2.15. The summed E-state index contributed by atoms with van der Waals surface area (Å²) < 4.78 is 5.34. The number of amides is 2. The molecule has 1 aliphatic rings. The van der Waals surface area contributed by atoms with Crippen molar-refractivity contribution in [2.75, 3.05) is 31.6 Å². The highest BCUT2D eigenvalue weighted by molar-refractivity contribution is 5.94. The predicted molar refractivity (Wildman–Crippen MR) is 96.7 cm³/mol. The molecule has 0 radical (unpaired) electrons. The van der Waals surface area contributed by atoms with Crippen molar-refractivity contribution in [2.45, 2.75) is 26.2 Å². The van der Waals surface area contributed by atoms with Gasteiger partial charge in [-0.3, -0.25) is 9.59 Å². The summed E-state index contributed by atoms with van der Waals surface area (Å²) in [5, 5.41) is 8.69. The van der Waals surface area contributed by atoms with Gasteiger partial charge in [0, 0.05) is 12.1 Å². The molecule has 6 nitrogen and oxygen atoms in total. The highest BCUT2D eigenvalue weighted by atomic mass is 35.5. The molecule has 0 aliphatic carbocycles. The summed E-state index contributed by atoms with van der Waals surface area (Å²) in [7, 11) is 0. The van der Waals surface area contributed by atoms with Crippen LogP contribution in [0.3, 0.4) is 0 Å². The van der Waals surface area contributed by atoms with Crippen molar-refractivity contribution in [3.63, 3.8) is 0 Å². The van der Waals surface area contributed by atoms with E-state index in [1.54, 1.807) is 24.3 Å². The Balaban J connectivity index is 0.00000288. The normalized spacial score (nSPS) is 16.1. The Morgan fingerprint density at radius 3 is 2.62 bits per heavy atom. The summed E-state index contributed by atoms with van der Waals surface area (Å²) in [5.74, 6) is 1.04. The zero-order chi connectivity index (χ0) is 16.5. The monoisotopic (exact) mass is 355 g/mol. The van der Waals surface area contributed by atoms with Gasteiger partial charge in [-0.1, -0.05) is 0 Å². The summed E-state index contributed by atoms with van der Waals surface area (Å²) >= 11 is 0. The van der Waals surface area contributed by atoms with Gasteiger partial charge in [-0.15, -0.1) is 12.4 Å². The molecule has 0 aromatic heterocycles. The molecule has 24 heavy (non-hydrogen) atoms. The molecule has 0 bridgehead atoms. The molecule has 2 amide bonds. The quantitative estimate of drug-likeness (QED) is 0.666. The largest absolute Gasteiger partial charge is 0.494 e. The molecule has 1 fully saturated rings. The molecule has 134 valence electrons. The van der Waals surface area contributed by atoms with Crippen LogP contribution in [0.15, 0.2) is 24.3 Å². The molecule has 7 heteroatoms. The minimum atomic E-state index is -0.231. The fraction of sp³-hybridized carbons (Fsp3) is 0.529. The van der Waals surface area contributed by atoms with Gasteiger partial charge in [0.05, 0.1) is 13.2 Å². The lowest BCUT2D eigenvalue weighted by molar-refractivity contribution is -0.124. The highest BCUT2D eigenvalue weighted by Crippen LogP contribution is 2.15. The number of ether oxygens (including phenoxy) is 1. The summed E-state index contributed by atoms with van der Waals surface area (Å²) in [6.45, 7) is 4.55. The lowest BCUT2D eigenvalue weighted by atomic mass is 10.0. The first-order valence-electron chi connectivity index (χ1n) is 8.17. The smallest absolute Gasteiger partial charge is 0.243 e. The van der Waals surface area contributed by atoms with Crippen LogP contribution in [0.1, 0.15) is 26.2 Å². The molecule has 1 aromatic rings. The Labute approximate surface area is 149 Å². The molecular weight excluding hydrogens is 330 g/mol. The maximum absolute atomic E-state index is 11.8. The summed E-state index contributed by atoms with van der Waals surface area (Å²) in [6, 6.07) is 7.15. The molecule has 1 aromatic carbocycles. The number of nitrogens with one attached hydrogen (secondary N) is 3. The Hall–Kier alpha value is -1.79. The summed E-state index contributed by atoms with van der Waals surface area (Å²) in [5.41, 5.74) is 0.685. The maximum atomic E-state index is 11.8. The molecule has 1 atom stereocenters. The molecule has 1 unspecified atom stereocenters. The van der Waals surface area contributed by atoms with Crippen LogP contribution >= 0.6 is 12.4 Å². The number of hydrogen-bond donors (Lipinski definition) is 3. The topological polar surface area (TPSA) is 79.5 Å². The number of benzene rings is 1. The molecular formula is C17H26ClN3O3. The van der Waals surface area contributed by atoms with E-state index in [0.29, 0.717) is 24.6 Å². The van der Waals surface area contributed by atoms with Gasteiger partial charge in [0.1, 0.15) is 5.75 Å². The van der Waals surface area contributed by atoms with Gasteiger partial charge in [0.2, 0.25) is 11.8 Å². The molecule has 1 aliphatic heterocycles. The standard InChI is InChI=1S/C17H25N3O3.ClH/c1-2-23-15-6-4-14(5-7-15)20-17(22)12-19-16(21)8-3-13-9-10-18-11-13;/h4-7,13,18H,2-3,8-12H2,1H3,(H,19,21)(H,20,22);1H. The third-order valence-corrected chi connectivity index (χ3v) is 3.84. The van der Waals surface area contributed by atoms with Crippen molar-refractivity contribution in [3.05, 3.63) is 24.3 Å². The first kappa shape index (κ1) is 20.3. The van der Waals surface area contributed by atoms with E-state index in [1.807, 2.05) is 6.92 Å². The van der Waals surface area contributed by atoms with E-state index in [9.17, 15) is 9.59 Å². The lowest BCUT2D eigenvalue weighted by Gasteiger charge is -2.09. The molecule has 0 saturated carbocycles. The average Bonchev–Trinajstić information content (AvgIpc) is 3.06. The van der Waals surface area contributed by atoms with Gasteiger partial charge in [0.15, 0.2) is 0 Å². The van der Waals surface area contributed by atoms with Gasteiger partial charge in [0.25, 0.3) is 0 Å². The second-order valence-corrected chi connectivity index (χ2v) is 5.68. The number of carbonyl (C=O) groups is 2. The lowest BCUT2D eigenvalue weighted by Crippen LogP contribution is -2.33. The first-order chi connectivity index (χ1) is 11.2. The molecule has 1 saturated heterocycles. The van der Waals surface area contributed by atoms with Crippen LogP contribution in [0.25, 0.3) is 0 Å². The van der Waals surface area contributed by atoms with E-state index in [1.165, 1.54) is 0 Å². The third kappa shape index (κ3) is 7.19. The second-order valence-electron chi connectivity index (χ2n) is 5.68. The SMILES string of the molecule is CCOc1ccc(NC(=O)CNC(=O)CCC2CCNC2)cc1.Cl. The number of rotatable bonds is 8. The van der Waals surface area contributed by atoms with Crippen molar-refractivity contribution < 1.29 is 14.3 Å². The van der Waals surface area contributed by atoms with E-state index in [-0.39, 0.29) is 30.8 Å². The van der Waals surface area contributed by atoms with Crippen molar-refractivity contribution in [1.82, 2.24) is 10.6 Å². The number of halogens is 1. The van der Waals surface area contributed by atoms with Crippen molar-refractivity contribution in [1.29, 1.82) is 0 Å². The zero-order valence-corrected chi connectivity index (χ0v) is 14.8. The van der Waals surface area contributed by atoms with E-state index >= 15 is 0 Å². The number of anilines is 1. The van der Waals surface area contributed by atoms with Crippen LogP contribution in [-0.2, 0) is 9.59 Å². The van der Waals surface area contributed by atoms with Crippen LogP contribution in [0.5, 0.6) is 5.75 Å². The van der Waals surface area contributed by atoms with Crippen LogP contribution in [-0.4, -0.2) is 38.1 Å². The van der Waals surface area contributed by atoms with Crippen LogP contribution in [0.4, 0.5) is 5.69 Å². The molecule has 0 spiro atoms. The van der Waals surface area contributed by atoms with E-state index in [0.717, 1.165) is 31.7 Å². The second kappa shape index (κ2) is 10.9. The predicted octanol–water partition coefficient (Wildman–Crippen LogP) is 1.95. The maximum Gasteiger partial charge on any atom is 0.243 e. The summed E-state index contributed by atoms with van der Waals surface area (Å²) in [4.78, 5) is 23.6.